The van der Waals surface area contributed by atoms with Crippen LogP contribution in [0.25, 0.3) is 0 Å². The first-order valence-electron chi connectivity index (χ1n) is 8.06. The summed E-state index contributed by atoms with van der Waals surface area (Å²) in [6, 6.07) is 0.504. The summed E-state index contributed by atoms with van der Waals surface area (Å²) >= 11 is 0. The molecule has 1 N–H and O–H groups in total. The molecule has 0 bridgehead atoms. The van der Waals surface area contributed by atoms with Gasteiger partial charge in [-0.25, -0.2) is 0 Å². The van der Waals surface area contributed by atoms with Gasteiger partial charge in [0.25, 0.3) is 0 Å². The van der Waals surface area contributed by atoms with Crippen LogP contribution < -0.4 is 5.32 Å². The van der Waals surface area contributed by atoms with Crippen molar-refractivity contribution < 1.29 is 14.3 Å². The van der Waals surface area contributed by atoms with Gasteiger partial charge in [-0.2, -0.15) is 0 Å². The maximum absolute atomic E-state index is 11.9. The number of rotatable bonds is 12. The van der Waals surface area contributed by atoms with Gasteiger partial charge in [0.05, 0.1) is 7.11 Å². The Labute approximate surface area is 123 Å². The molecule has 0 saturated heterocycles. The van der Waals surface area contributed by atoms with Crippen molar-refractivity contribution in [1.29, 1.82) is 0 Å². The molecule has 118 valence electrons. The van der Waals surface area contributed by atoms with Gasteiger partial charge in [-0.1, -0.05) is 19.8 Å². The van der Waals surface area contributed by atoms with Crippen LogP contribution in [0.3, 0.4) is 0 Å². The molecule has 0 amide bonds. The van der Waals surface area contributed by atoms with E-state index in [-0.39, 0.29) is 5.97 Å². The van der Waals surface area contributed by atoms with Gasteiger partial charge in [-0.15, -0.1) is 0 Å². The summed E-state index contributed by atoms with van der Waals surface area (Å²) in [5.74, 6) is -0.145. The number of methoxy groups -OCH3 is 1. The standard InChI is InChI=1S/C16H31NO3/c1-4-5-7-12-20-13-8-6-11-16(2,15(18)19-3)17-14-9-10-14/h14,17H,4-13H2,1-3H3. The predicted octanol–water partition coefficient (Wildman–Crippen LogP) is 3.05. The first kappa shape index (κ1) is 17.4. The van der Waals surface area contributed by atoms with Crippen molar-refractivity contribution in [3.05, 3.63) is 0 Å². The number of esters is 1. The molecule has 1 saturated carbocycles. The zero-order chi connectivity index (χ0) is 14.8. The van der Waals surface area contributed by atoms with Gasteiger partial charge in [-0.3, -0.25) is 10.1 Å². The van der Waals surface area contributed by atoms with E-state index in [0.717, 1.165) is 38.9 Å². The third kappa shape index (κ3) is 6.71. The van der Waals surface area contributed by atoms with Crippen molar-refractivity contribution in [2.45, 2.75) is 76.8 Å². The molecule has 0 radical (unpaired) electrons. The maximum atomic E-state index is 11.9. The second-order valence-corrected chi connectivity index (χ2v) is 6.02. The molecule has 0 aromatic heterocycles. The average Bonchev–Trinajstić information content (AvgIpc) is 3.24. The minimum Gasteiger partial charge on any atom is -0.468 e. The SMILES string of the molecule is CCCCCOCCCCC(C)(NC1CC1)C(=O)OC. The monoisotopic (exact) mass is 285 g/mol. The van der Waals surface area contributed by atoms with Crippen molar-refractivity contribution in [1.82, 2.24) is 5.32 Å². The second kappa shape index (κ2) is 9.35. The van der Waals surface area contributed by atoms with Gasteiger partial charge in [0.15, 0.2) is 0 Å². The summed E-state index contributed by atoms with van der Waals surface area (Å²) in [5, 5.41) is 3.42. The summed E-state index contributed by atoms with van der Waals surface area (Å²) in [4.78, 5) is 11.9. The lowest BCUT2D eigenvalue weighted by Gasteiger charge is -2.28. The van der Waals surface area contributed by atoms with E-state index in [4.69, 9.17) is 9.47 Å². The summed E-state index contributed by atoms with van der Waals surface area (Å²) in [6.07, 6.45) is 8.78. The van der Waals surface area contributed by atoms with E-state index < -0.39 is 5.54 Å². The van der Waals surface area contributed by atoms with Crippen LogP contribution in [-0.4, -0.2) is 37.9 Å². The molecule has 1 unspecified atom stereocenters. The van der Waals surface area contributed by atoms with Crippen molar-refractivity contribution in [2.75, 3.05) is 20.3 Å². The predicted molar refractivity (Wildman–Crippen MR) is 80.8 cm³/mol. The van der Waals surface area contributed by atoms with Crippen LogP contribution in [0.4, 0.5) is 0 Å². The molecular weight excluding hydrogens is 254 g/mol. The lowest BCUT2D eigenvalue weighted by molar-refractivity contribution is -0.148. The van der Waals surface area contributed by atoms with Gasteiger partial charge in [0, 0.05) is 19.3 Å². The third-order valence-corrected chi connectivity index (χ3v) is 3.84. The fourth-order valence-corrected chi connectivity index (χ4v) is 2.38. The Kier molecular flexibility index (Phi) is 8.15. The zero-order valence-electron chi connectivity index (χ0n) is 13.4. The molecule has 1 atom stereocenters. The van der Waals surface area contributed by atoms with Crippen molar-refractivity contribution in [3.63, 3.8) is 0 Å². The van der Waals surface area contributed by atoms with Crippen LogP contribution in [0.15, 0.2) is 0 Å². The molecule has 4 nitrogen and oxygen atoms in total. The molecule has 0 aliphatic heterocycles. The number of hydrogen-bond donors (Lipinski definition) is 1. The lowest BCUT2D eigenvalue weighted by atomic mass is 9.94. The normalized spacial score (nSPS) is 17.8. The highest BCUT2D eigenvalue weighted by molar-refractivity contribution is 5.80. The van der Waals surface area contributed by atoms with Crippen molar-refractivity contribution >= 4 is 5.97 Å². The van der Waals surface area contributed by atoms with Gasteiger partial charge in [-0.05, 0) is 45.4 Å². The third-order valence-electron chi connectivity index (χ3n) is 3.84. The molecule has 1 aliphatic rings. The highest BCUT2D eigenvalue weighted by Gasteiger charge is 2.38. The average molecular weight is 285 g/mol. The molecule has 1 rings (SSSR count). The Hall–Kier alpha value is -0.610. The molecule has 1 aliphatic carbocycles. The number of nitrogens with one attached hydrogen (secondary N) is 1. The van der Waals surface area contributed by atoms with Gasteiger partial charge in [0.1, 0.15) is 5.54 Å². The molecule has 1 fully saturated rings. The van der Waals surface area contributed by atoms with E-state index in [1.165, 1.54) is 32.8 Å². The Balaban J connectivity index is 2.13. The van der Waals surface area contributed by atoms with E-state index in [2.05, 4.69) is 12.2 Å². The first-order chi connectivity index (χ1) is 9.62. The number of unbranched alkanes of at least 4 members (excludes halogenated alkanes) is 3. The van der Waals surface area contributed by atoms with Gasteiger partial charge >= 0.3 is 5.97 Å². The minimum absolute atomic E-state index is 0.145. The number of ether oxygens (including phenoxy) is 2. The molecule has 0 aromatic rings. The van der Waals surface area contributed by atoms with Crippen LogP contribution in [-0.2, 0) is 14.3 Å². The van der Waals surface area contributed by atoms with Crippen LogP contribution in [0, 0.1) is 0 Å². The molecule has 0 heterocycles. The highest BCUT2D eigenvalue weighted by Crippen LogP contribution is 2.26. The Morgan fingerprint density at radius 2 is 1.85 bits per heavy atom. The van der Waals surface area contributed by atoms with E-state index in [1.807, 2.05) is 6.92 Å². The van der Waals surface area contributed by atoms with E-state index in [9.17, 15) is 4.79 Å². The van der Waals surface area contributed by atoms with E-state index in [1.54, 1.807) is 0 Å². The maximum Gasteiger partial charge on any atom is 0.325 e. The molecular formula is C16H31NO3. The summed E-state index contributed by atoms with van der Waals surface area (Å²) in [6.45, 7) is 5.81. The molecule has 0 aromatic carbocycles. The van der Waals surface area contributed by atoms with Crippen molar-refractivity contribution in [2.24, 2.45) is 0 Å². The topological polar surface area (TPSA) is 47.6 Å². The number of hydrogen-bond acceptors (Lipinski definition) is 4. The second-order valence-electron chi connectivity index (χ2n) is 6.02. The zero-order valence-corrected chi connectivity index (χ0v) is 13.4. The Bertz CT molecular complexity index is 279. The Morgan fingerprint density at radius 3 is 2.40 bits per heavy atom. The van der Waals surface area contributed by atoms with Crippen LogP contribution >= 0.6 is 0 Å². The highest BCUT2D eigenvalue weighted by atomic mass is 16.5. The summed E-state index contributed by atoms with van der Waals surface area (Å²) < 4.78 is 10.5. The van der Waals surface area contributed by atoms with Crippen LogP contribution in [0.1, 0.15) is 65.2 Å². The van der Waals surface area contributed by atoms with Gasteiger partial charge < -0.3 is 9.47 Å². The first-order valence-corrected chi connectivity index (χ1v) is 8.06. The quantitative estimate of drug-likeness (QED) is 0.442. The summed E-state index contributed by atoms with van der Waals surface area (Å²) in [5.41, 5.74) is -0.530. The summed E-state index contributed by atoms with van der Waals surface area (Å²) in [7, 11) is 1.46. The van der Waals surface area contributed by atoms with Crippen molar-refractivity contribution in [3.8, 4) is 0 Å². The minimum atomic E-state index is -0.530. The van der Waals surface area contributed by atoms with Crippen LogP contribution in [0.5, 0.6) is 0 Å². The molecule has 20 heavy (non-hydrogen) atoms. The molecule has 4 heteroatoms. The van der Waals surface area contributed by atoms with Crippen LogP contribution in [0.2, 0.25) is 0 Å². The Morgan fingerprint density at radius 1 is 1.20 bits per heavy atom. The molecule has 0 spiro atoms. The largest absolute Gasteiger partial charge is 0.468 e. The lowest BCUT2D eigenvalue weighted by Crippen LogP contribution is -2.51. The number of carbonyl (C=O) groups is 1. The van der Waals surface area contributed by atoms with E-state index >= 15 is 0 Å². The van der Waals surface area contributed by atoms with Gasteiger partial charge in [0.2, 0.25) is 0 Å². The fraction of sp³-hybridized carbons (Fsp3) is 0.938. The van der Waals surface area contributed by atoms with E-state index in [0.29, 0.717) is 6.04 Å². The number of carbonyl (C=O) groups excluding carboxylic acids is 1. The fourth-order valence-electron chi connectivity index (χ4n) is 2.38. The smallest absolute Gasteiger partial charge is 0.325 e.